The molecule has 3 N–H and O–H groups in total. The molecule has 2 amide bonds. The van der Waals surface area contributed by atoms with E-state index in [2.05, 4.69) is 10.6 Å². The summed E-state index contributed by atoms with van der Waals surface area (Å²) in [6.45, 7) is 3.08. The molecular weight excluding hydrogens is 224 g/mol. The highest BCUT2D eigenvalue weighted by Gasteiger charge is 2.08. The average molecular weight is 246 g/mol. The Morgan fingerprint density at radius 1 is 1.35 bits per heavy atom. The molecule has 0 aliphatic heterocycles. The van der Waals surface area contributed by atoms with Gasteiger partial charge >= 0.3 is 12.0 Å². The number of hydrogen-bond acceptors (Lipinski definition) is 3. The van der Waals surface area contributed by atoms with Crippen LogP contribution in [0, 0.1) is 0 Å². The van der Waals surface area contributed by atoms with E-state index < -0.39 is 5.97 Å². The van der Waals surface area contributed by atoms with E-state index in [1.54, 1.807) is 14.0 Å². The normalized spacial score (nSPS) is 11.9. The van der Waals surface area contributed by atoms with Crippen LogP contribution in [-0.2, 0) is 9.53 Å². The zero-order valence-electron chi connectivity index (χ0n) is 10.5. The minimum Gasteiger partial charge on any atom is -0.481 e. The van der Waals surface area contributed by atoms with Gasteiger partial charge in [0.05, 0.1) is 0 Å². The van der Waals surface area contributed by atoms with Crippen LogP contribution in [0.25, 0.3) is 0 Å². The number of nitrogens with one attached hydrogen (secondary N) is 2. The van der Waals surface area contributed by atoms with Gasteiger partial charge in [-0.05, 0) is 26.2 Å². The second-order valence-electron chi connectivity index (χ2n) is 3.93. The first-order chi connectivity index (χ1) is 8.06. The lowest BCUT2D eigenvalue weighted by Gasteiger charge is -2.13. The van der Waals surface area contributed by atoms with E-state index in [9.17, 15) is 9.59 Å². The van der Waals surface area contributed by atoms with Gasteiger partial charge in [-0.1, -0.05) is 0 Å². The predicted octanol–water partition coefficient (Wildman–Crippen LogP) is 0.965. The summed E-state index contributed by atoms with van der Waals surface area (Å²) in [6.07, 6.45) is 2.28. The molecule has 0 rings (SSSR count). The van der Waals surface area contributed by atoms with Crippen LogP contribution in [0.3, 0.4) is 0 Å². The molecule has 0 spiro atoms. The Kier molecular flexibility index (Phi) is 9.14. The lowest BCUT2D eigenvalue weighted by Crippen LogP contribution is -2.41. The number of methoxy groups -OCH3 is 1. The first-order valence-electron chi connectivity index (χ1n) is 5.81. The number of carbonyl (C=O) groups excluding carboxylic acids is 1. The number of carboxylic acid groups (broad SMARTS) is 1. The van der Waals surface area contributed by atoms with Crippen molar-refractivity contribution in [2.24, 2.45) is 0 Å². The number of carboxylic acids is 1. The lowest BCUT2D eigenvalue weighted by molar-refractivity contribution is -0.137. The molecule has 100 valence electrons. The minimum atomic E-state index is -0.848. The molecule has 0 aromatic heterocycles. The molecule has 0 fully saturated rings. The van der Waals surface area contributed by atoms with Crippen LogP contribution in [0.2, 0.25) is 0 Å². The van der Waals surface area contributed by atoms with Crippen LogP contribution >= 0.6 is 0 Å². The smallest absolute Gasteiger partial charge is 0.314 e. The Morgan fingerprint density at radius 3 is 2.65 bits per heavy atom. The van der Waals surface area contributed by atoms with Gasteiger partial charge < -0.3 is 20.5 Å². The largest absolute Gasteiger partial charge is 0.481 e. The van der Waals surface area contributed by atoms with E-state index in [-0.39, 0.29) is 18.5 Å². The zero-order chi connectivity index (χ0) is 13.1. The number of ether oxygens (including phenoxy) is 1. The predicted molar refractivity (Wildman–Crippen MR) is 64.0 cm³/mol. The van der Waals surface area contributed by atoms with Crippen LogP contribution in [0.5, 0.6) is 0 Å². The maximum Gasteiger partial charge on any atom is 0.314 e. The second kappa shape index (κ2) is 9.89. The van der Waals surface area contributed by atoms with Crippen molar-refractivity contribution in [3.8, 4) is 0 Å². The quantitative estimate of drug-likeness (QED) is 0.529. The number of amides is 2. The fraction of sp³-hybridized carbons (Fsp3) is 0.818. The molecular formula is C11H22N2O4. The van der Waals surface area contributed by atoms with Crippen molar-refractivity contribution in [3.05, 3.63) is 0 Å². The van der Waals surface area contributed by atoms with E-state index in [1.807, 2.05) is 0 Å². The Bertz CT molecular complexity index is 234. The third-order valence-corrected chi connectivity index (χ3v) is 2.23. The number of urea groups is 1. The van der Waals surface area contributed by atoms with E-state index in [0.29, 0.717) is 19.6 Å². The highest BCUT2D eigenvalue weighted by molar-refractivity contribution is 5.74. The molecule has 0 aliphatic carbocycles. The summed E-state index contributed by atoms with van der Waals surface area (Å²) in [6, 6.07) is -0.384. The zero-order valence-corrected chi connectivity index (χ0v) is 10.5. The van der Waals surface area contributed by atoms with Crippen LogP contribution in [0.1, 0.15) is 32.6 Å². The number of aliphatic carboxylic acids is 1. The standard InChI is InChI=1S/C11H22N2O4/c1-9(5-6-10(14)15)13-11(16)12-7-3-4-8-17-2/h9H,3-8H2,1-2H3,(H,14,15)(H2,12,13,16). The van der Waals surface area contributed by atoms with Gasteiger partial charge in [-0.25, -0.2) is 4.79 Å². The monoisotopic (exact) mass is 246 g/mol. The van der Waals surface area contributed by atoms with Crippen LogP contribution in [0.4, 0.5) is 4.79 Å². The maximum absolute atomic E-state index is 11.3. The maximum atomic E-state index is 11.3. The van der Waals surface area contributed by atoms with Gasteiger partial charge in [0.2, 0.25) is 0 Å². The van der Waals surface area contributed by atoms with Gasteiger partial charge in [0.25, 0.3) is 0 Å². The average Bonchev–Trinajstić information content (AvgIpc) is 2.26. The highest BCUT2D eigenvalue weighted by Crippen LogP contribution is 1.96. The van der Waals surface area contributed by atoms with Crippen molar-refractivity contribution in [1.29, 1.82) is 0 Å². The lowest BCUT2D eigenvalue weighted by atomic mass is 10.2. The van der Waals surface area contributed by atoms with Crippen molar-refractivity contribution in [2.75, 3.05) is 20.3 Å². The van der Waals surface area contributed by atoms with Crippen molar-refractivity contribution in [3.63, 3.8) is 0 Å². The highest BCUT2D eigenvalue weighted by atomic mass is 16.5. The topological polar surface area (TPSA) is 87.7 Å². The fourth-order valence-corrected chi connectivity index (χ4v) is 1.26. The fourth-order valence-electron chi connectivity index (χ4n) is 1.26. The van der Waals surface area contributed by atoms with Gasteiger partial charge in [-0.2, -0.15) is 0 Å². The van der Waals surface area contributed by atoms with E-state index >= 15 is 0 Å². The summed E-state index contributed by atoms with van der Waals surface area (Å²) in [5.41, 5.74) is 0. The minimum absolute atomic E-state index is 0.0648. The number of unbranched alkanes of at least 4 members (excludes halogenated alkanes) is 1. The van der Waals surface area contributed by atoms with Crippen LogP contribution in [-0.4, -0.2) is 43.4 Å². The third-order valence-electron chi connectivity index (χ3n) is 2.23. The molecule has 0 aliphatic rings. The summed E-state index contributed by atoms with van der Waals surface area (Å²) >= 11 is 0. The van der Waals surface area contributed by atoms with Gasteiger partial charge in [-0.3, -0.25) is 4.79 Å². The van der Waals surface area contributed by atoms with Crippen molar-refractivity contribution in [1.82, 2.24) is 10.6 Å². The molecule has 0 bridgehead atoms. The summed E-state index contributed by atoms with van der Waals surface area (Å²) in [7, 11) is 1.64. The molecule has 0 saturated heterocycles. The number of hydrogen-bond donors (Lipinski definition) is 3. The van der Waals surface area contributed by atoms with E-state index in [1.165, 1.54) is 0 Å². The SMILES string of the molecule is COCCCCNC(=O)NC(C)CCC(=O)O. The van der Waals surface area contributed by atoms with Crippen molar-refractivity contribution >= 4 is 12.0 Å². The molecule has 0 heterocycles. The second-order valence-corrected chi connectivity index (χ2v) is 3.93. The Morgan fingerprint density at radius 2 is 2.06 bits per heavy atom. The van der Waals surface area contributed by atoms with Gasteiger partial charge in [-0.15, -0.1) is 0 Å². The van der Waals surface area contributed by atoms with Crippen molar-refractivity contribution in [2.45, 2.75) is 38.6 Å². The molecule has 1 atom stereocenters. The third kappa shape index (κ3) is 11.0. The van der Waals surface area contributed by atoms with Crippen LogP contribution < -0.4 is 10.6 Å². The summed E-state index contributed by atoms with van der Waals surface area (Å²) in [5, 5.41) is 13.9. The van der Waals surface area contributed by atoms with E-state index in [0.717, 1.165) is 12.8 Å². The number of rotatable bonds is 9. The van der Waals surface area contributed by atoms with E-state index in [4.69, 9.17) is 9.84 Å². The van der Waals surface area contributed by atoms with Crippen molar-refractivity contribution < 1.29 is 19.4 Å². The molecule has 6 nitrogen and oxygen atoms in total. The van der Waals surface area contributed by atoms with Crippen LogP contribution in [0.15, 0.2) is 0 Å². The van der Waals surface area contributed by atoms with Gasteiger partial charge in [0.1, 0.15) is 0 Å². The molecule has 0 saturated carbocycles. The summed E-state index contributed by atoms with van der Waals surface area (Å²) < 4.78 is 4.88. The Balaban J connectivity index is 3.47. The Labute approximate surface area is 102 Å². The first kappa shape index (κ1) is 15.7. The molecule has 0 aromatic rings. The molecule has 17 heavy (non-hydrogen) atoms. The van der Waals surface area contributed by atoms with Gasteiger partial charge in [0.15, 0.2) is 0 Å². The molecule has 6 heteroatoms. The first-order valence-corrected chi connectivity index (χ1v) is 5.81. The summed E-state index contributed by atoms with van der Waals surface area (Å²) in [5.74, 6) is -0.848. The molecule has 1 unspecified atom stereocenters. The summed E-state index contributed by atoms with van der Waals surface area (Å²) in [4.78, 5) is 21.7. The molecule has 0 aromatic carbocycles. The van der Waals surface area contributed by atoms with Gasteiger partial charge in [0, 0.05) is 32.7 Å². The number of carbonyl (C=O) groups is 2. The Hall–Kier alpha value is -1.30. The molecule has 0 radical (unpaired) electrons.